The Morgan fingerprint density at radius 3 is 2.42 bits per heavy atom. The number of para-hydroxylation sites is 1. The van der Waals surface area contributed by atoms with Gasteiger partial charge >= 0.3 is 0 Å². The Labute approximate surface area is 111 Å². The minimum Gasteiger partial charge on any atom is -0.231 e. The van der Waals surface area contributed by atoms with E-state index in [4.69, 9.17) is 5.26 Å². The standard InChI is InChI=1S/C16H11N3/c17-11-10-15-13-8-4-5-9-14(13)18-16(19-15)12-6-2-1-3-7-12/h1-9H,10H2. The smallest absolute Gasteiger partial charge is 0.160 e. The number of nitriles is 1. The first kappa shape index (κ1) is 11.4. The van der Waals surface area contributed by atoms with Crippen molar-refractivity contribution in [2.24, 2.45) is 0 Å². The van der Waals surface area contributed by atoms with Crippen molar-refractivity contribution in [2.45, 2.75) is 6.42 Å². The van der Waals surface area contributed by atoms with Crippen LogP contribution in [0.2, 0.25) is 0 Å². The minimum atomic E-state index is 0.295. The topological polar surface area (TPSA) is 49.6 Å². The molecule has 3 heteroatoms. The first-order valence-electron chi connectivity index (χ1n) is 6.06. The van der Waals surface area contributed by atoms with Gasteiger partial charge in [0.2, 0.25) is 0 Å². The molecule has 3 rings (SSSR count). The van der Waals surface area contributed by atoms with Gasteiger partial charge in [0, 0.05) is 10.9 Å². The molecule has 3 aromatic rings. The van der Waals surface area contributed by atoms with E-state index in [1.165, 1.54) is 0 Å². The largest absolute Gasteiger partial charge is 0.231 e. The van der Waals surface area contributed by atoms with Crippen molar-refractivity contribution >= 4 is 10.9 Å². The predicted molar refractivity (Wildman–Crippen MR) is 74.3 cm³/mol. The van der Waals surface area contributed by atoms with Crippen LogP contribution in [0.25, 0.3) is 22.3 Å². The Morgan fingerprint density at radius 1 is 0.895 bits per heavy atom. The molecular weight excluding hydrogens is 234 g/mol. The molecule has 1 aromatic heterocycles. The maximum Gasteiger partial charge on any atom is 0.160 e. The fourth-order valence-electron chi connectivity index (χ4n) is 2.07. The van der Waals surface area contributed by atoms with E-state index in [0.717, 1.165) is 22.2 Å². The summed E-state index contributed by atoms with van der Waals surface area (Å²) in [5.41, 5.74) is 2.63. The van der Waals surface area contributed by atoms with E-state index >= 15 is 0 Å². The first-order chi connectivity index (χ1) is 9.38. The molecule has 0 amide bonds. The van der Waals surface area contributed by atoms with Gasteiger partial charge in [0.05, 0.1) is 23.7 Å². The third-order valence-electron chi connectivity index (χ3n) is 2.96. The molecule has 0 saturated heterocycles. The Balaban J connectivity index is 2.25. The van der Waals surface area contributed by atoms with E-state index in [1.807, 2.05) is 54.6 Å². The third-order valence-corrected chi connectivity index (χ3v) is 2.96. The first-order valence-corrected chi connectivity index (χ1v) is 6.06. The molecule has 90 valence electrons. The molecule has 0 unspecified atom stereocenters. The molecule has 0 aliphatic heterocycles. The second-order valence-electron chi connectivity index (χ2n) is 4.21. The highest BCUT2D eigenvalue weighted by molar-refractivity contribution is 5.83. The lowest BCUT2D eigenvalue weighted by atomic mass is 10.1. The third kappa shape index (κ3) is 2.16. The number of benzene rings is 2. The molecule has 0 fully saturated rings. The van der Waals surface area contributed by atoms with Crippen LogP contribution >= 0.6 is 0 Å². The van der Waals surface area contributed by atoms with Gasteiger partial charge < -0.3 is 0 Å². The van der Waals surface area contributed by atoms with E-state index in [0.29, 0.717) is 12.2 Å². The Morgan fingerprint density at radius 2 is 1.63 bits per heavy atom. The molecule has 0 bridgehead atoms. The number of hydrogen-bond donors (Lipinski definition) is 0. The summed E-state index contributed by atoms with van der Waals surface area (Å²) in [4.78, 5) is 9.10. The van der Waals surface area contributed by atoms with Gasteiger partial charge in [0.15, 0.2) is 5.82 Å². The number of fused-ring (bicyclic) bond motifs is 1. The number of hydrogen-bond acceptors (Lipinski definition) is 3. The van der Waals surface area contributed by atoms with Crippen molar-refractivity contribution in [3.05, 3.63) is 60.3 Å². The van der Waals surface area contributed by atoms with Gasteiger partial charge in [-0.2, -0.15) is 5.26 Å². The highest BCUT2D eigenvalue weighted by Gasteiger charge is 2.08. The van der Waals surface area contributed by atoms with E-state index in [9.17, 15) is 0 Å². The zero-order chi connectivity index (χ0) is 13.1. The fraction of sp³-hybridized carbons (Fsp3) is 0.0625. The molecule has 0 spiro atoms. The summed E-state index contributed by atoms with van der Waals surface area (Å²) >= 11 is 0. The second-order valence-corrected chi connectivity index (χ2v) is 4.21. The lowest BCUT2D eigenvalue weighted by Crippen LogP contribution is -1.97. The lowest BCUT2D eigenvalue weighted by Gasteiger charge is -2.06. The van der Waals surface area contributed by atoms with E-state index < -0.39 is 0 Å². The summed E-state index contributed by atoms with van der Waals surface area (Å²) < 4.78 is 0. The van der Waals surface area contributed by atoms with Crippen molar-refractivity contribution in [3.63, 3.8) is 0 Å². The van der Waals surface area contributed by atoms with Gasteiger partial charge in [-0.1, -0.05) is 48.5 Å². The molecule has 2 aromatic carbocycles. The van der Waals surface area contributed by atoms with Crippen molar-refractivity contribution < 1.29 is 0 Å². The summed E-state index contributed by atoms with van der Waals surface area (Å²) in [5.74, 6) is 0.671. The van der Waals surface area contributed by atoms with Gasteiger partial charge in [-0.15, -0.1) is 0 Å². The predicted octanol–water partition coefficient (Wildman–Crippen LogP) is 3.36. The van der Waals surface area contributed by atoms with Crippen LogP contribution in [-0.2, 0) is 6.42 Å². The number of rotatable bonds is 2. The molecule has 3 nitrogen and oxygen atoms in total. The molecule has 0 radical (unpaired) electrons. The Hall–Kier alpha value is -2.73. The van der Waals surface area contributed by atoms with Crippen LogP contribution in [0.5, 0.6) is 0 Å². The summed E-state index contributed by atoms with van der Waals surface area (Å²) in [7, 11) is 0. The molecule has 0 atom stereocenters. The van der Waals surface area contributed by atoms with Crippen LogP contribution in [-0.4, -0.2) is 9.97 Å². The SMILES string of the molecule is N#CCc1nc(-c2ccccc2)nc2ccccc12. The van der Waals surface area contributed by atoms with Crippen molar-refractivity contribution in [3.8, 4) is 17.5 Å². The molecule has 0 N–H and O–H groups in total. The highest BCUT2D eigenvalue weighted by atomic mass is 14.9. The van der Waals surface area contributed by atoms with Crippen LogP contribution < -0.4 is 0 Å². The van der Waals surface area contributed by atoms with E-state index in [1.54, 1.807) is 0 Å². The Bertz CT molecular complexity index is 758. The van der Waals surface area contributed by atoms with Crippen molar-refractivity contribution in [1.29, 1.82) is 5.26 Å². The zero-order valence-corrected chi connectivity index (χ0v) is 10.2. The monoisotopic (exact) mass is 245 g/mol. The summed E-state index contributed by atoms with van der Waals surface area (Å²) in [6.45, 7) is 0. The van der Waals surface area contributed by atoms with Gasteiger partial charge in [-0.25, -0.2) is 9.97 Å². The molecule has 19 heavy (non-hydrogen) atoms. The summed E-state index contributed by atoms with van der Waals surface area (Å²) in [6.07, 6.45) is 0.295. The van der Waals surface area contributed by atoms with Crippen LogP contribution in [0.4, 0.5) is 0 Å². The lowest BCUT2D eigenvalue weighted by molar-refractivity contribution is 1.10. The zero-order valence-electron chi connectivity index (χ0n) is 10.2. The molecule has 0 saturated carbocycles. The van der Waals surface area contributed by atoms with Crippen LogP contribution in [0.1, 0.15) is 5.69 Å². The number of nitrogens with zero attached hydrogens (tertiary/aromatic N) is 3. The molecule has 0 aliphatic rings. The van der Waals surface area contributed by atoms with Crippen molar-refractivity contribution in [1.82, 2.24) is 9.97 Å². The molecular formula is C16H11N3. The number of aromatic nitrogens is 2. The normalized spacial score (nSPS) is 10.3. The van der Waals surface area contributed by atoms with Crippen LogP contribution in [0.15, 0.2) is 54.6 Å². The van der Waals surface area contributed by atoms with Crippen LogP contribution in [0, 0.1) is 11.3 Å². The average molecular weight is 245 g/mol. The quantitative estimate of drug-likeness (QED) is 0.695. The second kappa shape index (κ2) is 4.87. The maximum absolute atomic E-state index is 8.93. The highest BCUT2D eigenvalue weighted by Crippen LogP contribution is 2.21. The summed E-state index contributed by atoms with van der Waals surface area (Å²) in [6, 6.07) is 19.8. The summed E-state index contributed by atoms with van der Waals surface area (Å²) in [5, 5.41) is 9.88. The average Bonchev–Trinajstić information content (AvgIpc) is 2.48. The van der Waals surface area contributed by atoms with E-state index in [-0.39, 0.29) is 0 Å². The maximum atomic E-state index is 8.93. The minimum absolute atomic E-state index is 0.295. The van der Waals surface area contributed by atoms with E-state index in [2.05, 4.69) is 16.0 Å². The van der Waals surface area contributed by atoms with Gasteiger partial charge in [-0.05, 0) is 6.07 Å². The Kier molecular flexibility index (Phi) is 2.91. The van der Waals surface area contributed by atoms with Gasteiger partial charge in [0.25, 0.3) is 0 Å². The molecule has 1 heterocycles. The van der Waals surface area contributed by atoms with Crippen molar-refractivity contribution in [2.75, 3.05) is 0 Å². The molecule has 0 aliphatic carbocycles. The van der Waals surface area contributed by atoms with Gasteiger partial charge in [0.1, 0.15) is 0 Å². The van der Waals surface area contributed by atoms with Gasteiger partial charge in [-0.3, -0.25) is 0 Å². The fourth-order valence-corrected chi connectivity index (χ4v) is 2.07. The van der Waals surface area contributed by atoms with Crippen LogP contribution in [0.3, 0.4) is 0 Å².